The van der Waals surface area contributed by atoms with E-state index < -0.39 is 5.41 Å². The maximum absolute atomic E-state index is 4.62. The number of allylic oxidation sites excluding steroid dienone is 1. The fraction of sp³-hybridized carbons (Fsp3) is 0.0337. The largest absolute Gasteiger partial charge is 0.310 e. The van der Waals surface area contributed by atoms with Crippen molar-refractivity contribution in [2.45, 2.75) is 19.3 Å². The quantitative estimate of drug-likeness (QED) is 0.0610. The van der Waals surface area contributed by atoms with E-state index in [-0.39, 0.29) is 0 Å². The number of fused-ring (bicyclic) bond motifs is 7. The van der Waals surface area contributed by atoms with Crippen molar-refractivity contribution in [2.24, 2.45) is 0 Å². The molecule has 0 aliphatic heterocycles. The smallest absolute Gasteiger partial charge is 0.0620 e. The molecule has 0 aromatic heterocycles. The van der Waals surface area contributed by atoms with Crippen LogP contribution in [-0.4, -0.2) is 0 Å². The van der Waals surface area contributed by atoms with Gasteiger partial charge in [0.15, 0.2) is 0 Å². The number of nitrogens with zero attached hydrogens (tertiary/aromatic N) is 3. The summed E-state index contributed by atoms with van der Waals surface area (Å²) < 4.78 is 0. The molecule has 15 aromatic carbocycles. The van der Waals surface area contributed by atoms with Gasteiger partial charge < -0.3 is 14.7 Å². The molecule has 0 fully saturated rings. The Morgan fingerprint density at radius 1 is 0.293 bits per heavy atom. The molecule has 16 rings (SSSR count). The van der Waals surface area contributed by atoms with Gasteiger partial charge in [-0.1, -0.05) is 269 Å². The highest BCUT2D eigenvalue weighted by atomic mass is 15.2. The first-order valence-electron chi connectivity index (χ1n) is 31.7. The second-order valence-electron chi connectivity index (χ2n) is 24.5. The lowest BCUT2D eigenvalue weighted by Crippen LogP contribution is -2.19. The summed E-state index contributed by atoms with van der Waals surface area (Å²) in [6.07, 6.45) is 4.29. The van der Waals surface area contributed by atoms with Crippen molar-refractivity contribution >= 4 is 94.7 Å². The molecule has 0 unspecified atom stereocenters. The van der Waals surface area contributed by atoms with Crippen molar-refractivity contribution in [3.63, 3.8) is 0 Å². The van der Waals surface area contributed by atoms with Crippen LogP contribution in [0.4, 0.5) is 45.5 Å². The molecule has 3 heteroatoms. The van der Waals surface area contributed by atoms with Crippen LogP contribution in [0.3, 0.4) is 0 Å². The molecule has 0 atom stereocenters. The molecule has 1 aliphatic rings. The lowest BCUT2D eigenvalue weighted by atomic mass is 9.81. The Hall–Kier alpha value is -11.8. The molecule has 0 N–H and O–H groups in total. The van der Waals surface area contributed by atoms with Crippen LogP contribution < -0.4 is 14.7 Å². The average Bonchev–Trinajstić information content (AvgIpc) is 1.40. The van der Waals surface area contributed by atoms with E-state index in [2.05, 4.69) is 375 Å². The van der Waals surface area contributed by atoms with Gasteiger partial charge in [0.05, 0.1) is 11.4 Å². The van der Waals surface area contributed by atoms with E-state index in [9.17, 15) is 0 Å². The molecule has 0 saturated carbocycles. The summed E-state index contributed by atoms with van der Waals surface area (Å²) in [5.41, 5.74) is 22.2. The number of hydrogen-bond donors (Lipinski definition) is 0. The van der Waals surface area contributed by atoms with E-state index in [1.54, 1.807) is 0 Å². The van der Waals surface area contributed by atoms with Crippen molar-refractivity contribution < 1.29 is 0 Å². The van der Waals surface area contributed by atoms with Gasteiger partial charge in [-0.2, -0.15) is 0 Å². The summed E-state index contributed by atoms with van der Waals surface area (Å²) in [6.45, 7) is 9.46. The Bertz CT molecular complexity index is 5290. The summed E-state index contributed by atoms with van der Waals surface area (Å²) in [5, 5.41) is 9.23. The van der Waals surface area contributed by atoms with Crippen LogP contribution in [0.5, 0.6) is 0 Å². The van der Waals surface area contributed by atoms with E-state index in [0.717, 1.165) is 89.4 Å². The molecule has 0 heterocycles. The van der Waals surface area contributed by atoms with E-state index in [4.69, 9.17) is 0 Å². The minimum Gasteiger partial charge on any atom is -0.310 e. The molecular weight excluding hydrogens is 1110 g/mol. The van der Waals surface area contributed by atoms with Crippen LogP contribution >= 0.6 is 0 Å². The number of anilines is 8. The molecule has 0 amide bonds. The Kier molecular flexibility index (Phi) is 14.1. The van der Waals surface area contributed by atoms with E-state index >= 15 is 0 Å². The molecular formula is C89H65N3. The first kappa shape index (κ1) is 55.5. The van der Waals surface area contributed by atoms with Gasteiger partial charge in [-0.15, -0.1) is 0 Å². The molecule has 92 heavy (non-hydrogen) atoms. The van der Waals surface area contributed by atoms with Crippen LogP contribution in [0.1, 0.15) is 30.5 Å². The van der Waals surface area contributed by atoms with Gasteiger partial charge in [-0.25, -0.2) is 0 Å². The van der Waals surface area contributed by atoms with Crippen LogP contribution in [-0.2, 0) is 5.41 Å². The monoisotopic (exact) mass is 1180 g/mol. The molecule has 15 aromatic rings. The first-order valence-corrected chi connectivity index (χ1v) is 31.7. The molecule has 436 valence electrons. The van der Waals surface area contributed by atoms with Gasteiger partial charge in [0.2, 0.25) is 0 Å². The summed E-state index contributed by atoms with van der Waals surface area (Å²) >= 11 is 0. The van der Waals surface area contributed by atoms with Crippen molar-refractivity contribution in [3.8, 4) is 44.5 Å². The zero-order valence-electron chi connectivity index (χ0n) is 51.5. The van der Waals surface area contributed by atoms with Gasteiger partial charge in [0.1, 0.15) is 0 Å². The maximum Gasteiger partial charge on any atom is 0.0620 e. The molecule has 0 bridgehead atoms. The molecule has 3 nitrogen and oxygen atoms in total. The SMILES string of the molecule is C=CC(=Cc1ccccc1)N(c1ccc(-c2ccccc2)cc1)c1c2ccccc2c(N(c2ccc(-c3ccccc3)cc2)c2ccc3ccccc3c2)c2cc3c(cc12)C(C)(C)c1cc(N(c2ccc(-c4ccccc4)cc2)c2ccc4ccccc4c2)ccc1-3. The van der Waals surface area contributed by atoms with Crippen molar-refractivity contribution in [3.05, 3.63) is 369 Å². The lowest BCUT2D eigenvalue weighted by molar-refractivity contribution is 0.661. The standard InChI is InChI=1S/C89H65N3/c1-4-72(55-61-23-9-5-10-24-61)91(74-47-39-68(40-48-74)63-27-13-7-14-28-63)88-81-36-22-21-35-80(81)87(92(77-52-44-66-32-18-20-34-71(66)57-77)75-49-41-69(42-50-75)64-29-15-8-16-30-64)83-59-82-79-54-53-78(58-85(79)89(2,3)86(82)60-84(83)88)90(76-51-43-65-31-17-19-33-70(65)56-76)73-45-37-67(38-46-73)62-25-11-6-12-26-62/h4-60H,1H2,2-3H3. The minimum atomic E-state index is -0.446. The van der Waals surface area contributed by atoms with Gasteiger partial charge in [-0.3, -0.25) is 0 Å². The summed E-state index contributed by atoms with van der Waals surface area (Å²) in [4.78, 5) is 7.41. The maximum atomic E-state index is 4.62. The van der Waals surface area contributed by atoms with Crippen LogP contribution in [0.15, 0.2) is 352 Å². The van der Waals surface area contributed by atoms with Gasteiger partial charge in [-0.05, 0) is 180 Å². The Labute approximate surface area is 538 Å². The third-order valence-corrected chi connectivity index (χ3v) is 18.7. The normalized spacial score (nSPS) is 12.4. The predicted molar refractivity (Wildman–Crippen MR) is 393 cm³/mol. The van der Waals surface area contributed by atoms with Gasteiger partial charge in [0, 0.05) is 66.8 Å². The zero-order valence-corrected chi connectivity index (χ0v) is 51.5. The fourth-order valence-corrected chi connectivity index (χ4v) is 14.1. The van der Waals surface area contributed by atoms with E-state index in [0.29, 0.717) is 0 Å². The van der Waals surface area contributed by atoms with Crippen molar-refractivity contribution in [2.75, 3.05) is 14.7 Å². The molecule has 1 aliphatic carbocycles. The third-order valence-electron chi connectivity index (χ3n) is 18.7. The summed E-state index contributed by atoms with van der Waals surface area (Å²) in [6, 6.07) is 122. The van der Waals surface area contributed by atoms with E-state index in [1.165, 1.54) is 66.1 Å². The van der Waals surface area contributed by atoms with Crippen molar-refractivity contribution in [1.29, 1.82) is 0 Å². The highest BCUT2D eigenvalue weighted by Gasteiger charge is 2.38. The Morgan fingerprint density at radius 3 is 1.20 bits per heavy atom. The molecule has 0 spiro atoms. The second kappa shape index (κ2) is 23.3. The minimum absolute atomic E-state index is 0.446. The summed E-state index contributed by atoms with van der Waals surface area (Å²) in [5.74, 6) is 0. The summed E-state index contributed by atoms with van der Waals surface area (Å²) in [7, 11) is 0. The average molecular weight is 1180 g/mol. The lowest BCUT2D eigenvalue weighted by Gasteiger charge is -2.34. The Morgan fingerprint density at radius 2 is 0.674 bits per heavy atom. The number of hydrogen-bond acceptors (Lipinski definition) is 3. The first-order chi connectivity index (χ1) is 45.3. The van der Waals surface area contributed by atoms with Gasteiger partial charge >= 0.3 is 0 Å². The second-order valence-corrected chi connectivity index (χ2v) is 24.5. The van der Waals surface area contributed by atoms with Crippen LogP contribution in [0.25, 0.3) is 93.7 Å². The van der Waals surface area contributed by atoms with E-state index in [1.807, 2.05) is 6.08 Å². The highest BCUT2D eigenvalue weighted by Crippen LogP contribution is 2.57. The highest BCUT2D eigenvalue weighted by molar-refractivity contribution is 6.24. The predicted octanol–water partition coefficient (Wildman–Crippen LogP) is 24.9. The number of rotatable bonds is 14. The van der Waals surface area contributed by atoms with Gasteiger partial charge in [0.25, 0.3) is 0 Å². The Balaban J connectivity index is 0.969. The topological polar surface area (TPSA) is 9.72 Å². The molecule has 0 radical (unpaired) electrons. The van der Waals surface area contributed by atoms with Crippen LogP contribution in [0, 0.1) is 0 Å². The molecule has 0 saturated heterocycles. The fourth-order valence-electron chi connectivity index (χ4n) is 14.1. The zero-order chi connectivity index (χ0) is 61.7. The third kappa shape index (κ3) is 9.98. The van der Waals surface area contributed by atoms with Crippen LogP contribution in [0.2, 0.25) is 0 Å². The van der Waals surface area contributed by atoms with Crippen molar-refractivity contribution in [1.82, 2.24) is 0 Å². The number of benzene rings is 15.